The monoisotopic (exact) mass is 320 g/mol. The number of hydrogen-bond acceptors (Lipinski definition) is 3. The molecule has 0 aromatic heterocycles. The highest BCUT2D eigenvalue weighted by Gasteiger charge is 2.09. The summed E-state index contributed by atoms with van der Waals surface area (Å²) in [6, 6.07) is 13.4. The SMILES string of the molecule is COc1ccc(C(O)CNC(=O)Nc2ccc(Cl)cc2)cc1. The van der Waals surface area contributed by atoms with Crippen molar-refractivity contribution in [3.05, 3.63) is 59.1 Å². The number of hydrogen-bond donors (Lipinski definition) is 3. The van der Waals surface area contributed by atoms with Crippen molar-refractivity contribution in [2.45, 2.75) is 6.10 Å². The Bertz CT molecular complexity index is 614. The predicted octanol–water partition coefficient (Wildman–Crippen LogP) is 3.20. The number of rotatable bonds is 5. The van der Waals surface area contributed by atoms with E-state index in [9.17, 15) is 9.90 Å². The van der Waals surface area contributed by atoms with E-state index >= 15 is 0 Å². The number of anilines is 1. The highest BCUT2D eigenvalue weighted by molar-refractivity contribution is 6.30. The Hall–Kier alpha value is -2.24. The summed E-state index contributed by atoms with van der Waals surface area (Å²) in [5.41, 5.74) is 1.33. The average Bonchev–Trinajstić information content (AvgIpc) is 2.55. The largest absolute Gasteiger partial charge is 0.497 e. The van der Waals surface area contributed by atoms with Crippen molar-refractivity contribution in [1.82, 2.24) is 5.32 Å². The quantitative estimate of drug-likeness (QED) is 0.792. The van der Waals surface area contributed by atoms with Gasteiger partial charge in [-0.15, -0.1) is 0 Å². The topological polar surface area (TPSA) is 70.6 Å². The zero-order valence-electron chi connectivity index (χ0n) is 12.0. The molecule has 0 saturated carbocycles. The lowest BCUT2D eigenvalue weighted by atomic mass is 10.1. The van der Waals surface area contributed by atoms with E-state index in [0.717, 1.165) is 0 Å². The molecule has 0 aliphatic rings. The smallest absolute Gasteiger partial charge is 0.319 e. The molecule has 116 valence electrons. The highest BCUT2D eigenvalue weighted by Crippen LogP contribution is 2.17. The van der Waals surface area contributed by atoms with Gasteiger partial charge in [-0.2, -0.15) is 0 Å². The Balaban J connectivity index is 1.83. The number of carbonyl (C=O) groups excluding carboxylic acids is 1. The fourth-order valence-electron chi connectivity index (χ4n) is 1.84. The minimum absolute atomic E-state index is 0.103. The van der Waals surface area contributed by atoms with Gasteiger partial charge in [-0.25, -0.2) is 4.79 Å². The van der Waals surface area contributed by atoms with Crippen LogP contribution in [0.15, 0.2) is 48.5 Å². The van der Waals surface area contributed by atoms with Crippen LogP contribution in [0.4, 0.5) is 10.5 Å². The van der Waals surface area contributed by atoms with Crippen LogP contribution in [0.2, 0.25) is 5.02 Å². The van der Waals surface area contributed by atoms with Gasteiger partial charge in [0.05, 0.1) is 13.2 Å². The van der Waals surface area contributed by atoms with Gasteiger partial charge in [-0.05, 0) is 42.0 Å². The van der Waals surface area contributed by atoms with Gasteiger partial charge < -0.3 is 20.5 Å². The first-order valence-corrected chi connectivity index (χ1v) is 7.08. The van der Waals surface area contributed by atoms with Crippen LogP contribution in [0.25, 0.3) is 0 Å². The lowest BCUT2D eigenvalue weighted by Crippen LogP contribution is -2.32. The molecule has 6 heteroatoms. The molecule has 0 heterocycles. The van der Waals surface area contributed by atoms with Crippen LogP contribution in [0, 0.1) is 0 Å². The Morgan fingerprint density at radius 1 is 1.18 bits per heavy atom. The summed E-state index contributed by atoms with van der Waals surface area (Å²) in [4.78, 5) is 11.7. The molecule has 0 saturated heterocycles. The number of ether oxygens (including phenoxy) is 1. The van der Waals surface area contributed by atoms with Crippen LogP contribution in [0.1, 0.15) is 11.7 Å². The van der Waals surface area contributed by atoms with Crippen molar-refractivity contribution in [3.8, 4) is 5.75 Å². The van der Waals surface area contributed by atoms with E-state index < -0.39 is 12.1 Å². The maximum absolute atomic E-state index is 11.7. The van der Waals surface area contributed by atoms with Gasteiger partial charge in [-0.3, -0.25) is 0 Å². The van der Waals surface area contributed by atoms with Crippen LogP contribution in [-0.4, -0.2) is 24.8 Å². The molecule has 0 aliphatic heterocycles. The van der Waals surface area contributed by atoms with Gasteiger partial charge in [0, 0.05) is 17.3 Å². The third kappa shape index (κ3) is 4.65. The van der Waals surface area contributed by atoms with Crippen LogP contribution in [0.3, 0.4) is 0 Å². The molecule has 22 heavy (non-hydrogen) atoms. The molecule has 2 amide bonds. The number of carbonyl (C=O) groups is 1. The maximum Gasteiger partial charge on any atom is 0.319 e. The van der Waals surface area contributed by atoms with Gasteiger partial charge in [0.25, 0.3) is 0 Å². The zero-order valence-corrected chi connectivity index (χ0v) is 12.8. The van der Waals surface area contributed by atoms with Crippen molar-refractivity contribution < 1.29 is 14.6 Å². The Morgan fingerprint density at radius 3 is 2.41 bits per heavy atom. The highest BCUT2D eigenvalue weighted by atomic mass is 35.5. The number of halogens is 1. The molecule has 3 N–H and O–H groups in total. The molecule has 5 nitrogen and oxygen atoms in total. The third-order valence-electron chi connectivity index (χ3n) is 3.06. The molecule has 2 rings (SSSR count). The normalized spacial score (nSPS) is 11.6. The van der Waals surface area contributed by atoms with E-state index in [-0.39, 0.29) is 6.54 Å². The second kappa shape index (κ2) is 7.68. The third-order valence-corrected chi connectivity index (χ3v) is 3.31. The molecule has 1 unspecified atom stereocenters. The summed E-state index contributed by atoms with van der Waals surface area (Å²) in [6.07, 6.45) is -0.790. The lowest BCUT2D eigenvalue weighted by Gasteiger charge is -2.13. The zero-order chi connectivity index (χ0) is 15.9. The van der Waals surface area contributed by atoms with Gasteiger partial charge in [0.1, 0.15) is 5.75 Å². The van der Waals surface area contributed by atoms with Gasteiger partial charge in [0.15, 0.2) is 0 Å². The second-order valence-corrected chi connectivity index (χ2v) is 5.07. The molecule has 2 aromatic carbocycles. The summed E-state index contributed by atoms with van der Waals surface area (Å²) in [5.74, 6) is 0.712. The second-order valence-electron chi connectivity index (χ2n) is 4.63. The number of benzene rings is 2. The van der Waals surface area contributed by atoms with E-state index in [1.165, 1.54) is 0 Å². The Morgan fingerprint density at radius 2 is 1.82 bits per heavy atom. The number of nitrogens with one attached hydrogen (secondary N) is 2. The van der Waals surface area contributed by atoms with Gasteiger partial charge in [0.2, 0.25) is 0 Å². The number of urea groups is 1. The lowest BCUT2D eigenvalue weighted by molar-refractivity contribution is 0.175. The van der Waals surface area contributed by atoms with E-state index in [0.29, 0.717) is 22.0 Å². The van der Waals surface area contributed by atoms with Crippen molar-refractivity contribution in [3.63, 3.8) is 0 Å². The summed E-state index contributed by atoms with van der Waals surface area (Å²) >= 11 is 5.77. The van der Waals surface area contributed by atoms with Crippen LogP contribution in [-0.2, 0) is 0 Å². The molecular formula is C16H17ClN2O3. The minimum atomic E-state index is -0.790. The predicted molar refractivity (Wildman–Crippen MR) is 86.4 cm³/mol. The van der Waals surface area contributed by atoms with Crippen molar-refractivity contribution in [2.24, 2.45) is 0 Å². The van der Waals surface area contributed by atoms with E-state index in [1.54, 1.807) is 55.6 Å². The summed E-state index contributed by atoms with van der Waals surface area (Å²) in [7, 11) is 1.58. The number of methoxy groups -OCH3 is 1. The molecule has 0 bridgehead atoms. The standard InChI is InChI=1S/C16H17ClN2O3/c1-22-14-8-2-11(3-9-14)15(20)10-18-16(21)19-13-6-4-12(17)5-7-13/h2-9,15,20H,10H2,1H3,(H2,18,19,21). The van der Waals surface area contributed by atoms with Crippen molar-refractivity contribution >= 4 is 23.3 Å². The number of amides is 2. The molecule has 0 spiro atoms. The first kappa shape index (κ1) is 16.1. The summed E-state index contributed by atoms with van der Waals surface area (Å²) in [5, 5.41) is 15.9. The number of aliphatic hydroxyl groups is 1. The van der Waals surface area contributed by atoms with E-state index in [2.05, 4.69) is 10.6 Å². The fourth-order valence-corrected chi connectivity index (χ4v) is 1.97. The molecule has 0 aliphatic carbocycles. The van der Waals surface area contributed by atoms with Crippen molar-refractivity contribution in [1.29, 1.82) is 0 Å². The van der Waals surface area contributed by atoms with E-state index in [1.807, 2.05) is 0 Å². The molecular weight excluding hydrogens is 304 g/mol. The van der Waals surface area contributed by atoms with Crippen LogP contribution >= 0.6 is 11.6 Å². The first-order valence-electron chi connectivity index (χ1n) is 6.71. The average molecular weight is 321 g/mol. The summed E-state index contributed by atoms with van der Waals surface area (Å²) < 4.78 is 5.05. The van der Waals surface area contributed by atoms with Crippen LogP contribution < -0.4 is 15.4 Å². The number of aliphatic hydroxyl groups excluding tert-OH is 1. The Labute approximate surface area is 133 Å². The van der Waals surface area contributed by atoms with Crippen molar-refractivity contribution in [2.75, 3.05) is 19.0 Å². The maximum atomic E-state index is 11.7. The molecule has 2 aromatic rings. The molecule has 0 radical (unpaired) electrons. The molecule has 0 fully saturated rings. The Kier molecular flexibility index (Phi) is 5.63. The minimum Gasteiger partial charge on any atom is -0.497 e. The van der Waals surface area contributed by atoms with Crippen LogP contribution in [0.5, 0.6) is 5.75 Å². The molecule has 1 atom stereocenters. The van der Waals surface area contributed by atoms with Gasteiger partial charge >= 0.3 is 6.03 Å². The van der Waals surface area contributed by atoms with Gasteiger partial charge in [-0.1, -0.05) is 23.7 Å². The van der Waals surface area contributed by atoms with E-state index in [4.69, 9.17) is 16.3 Å². The summed E-state index contributed by atoms with van der Waals surface area (Å²) in [6.45, 7) is 0.103. The first-order chi connectivity index (χ1) is 10.6. The fraction of sp³-hybridized carbons (Fsp3) is 0.188.